The standard InChI is InChI=1S/C37H29N5O2S/c1-43-30-19-14-25(15-20-30)13-18-28-23-32(26-16-21-31(44-2)22-17-26)34-35(38-28)40-41-36(34)39-37-42(29-11-7-4-8-12-29)33(24-45-37)27-9-5-3-6-10-27/h3-24H,1-2H3,(H,38,40,41)/b18-13+,39-37?. The van der Waals surface area contributed by atoms with E-state index < -0.39 is 0 Å². The minimum absolute atomic E-state index is 0.570. The first kappa shape index (κ1) is 28.1. The fraction of sp³-hybridized carbons (Fsp3) is 0.0541. The van der Waals surface area contributed by atoms with Gasteiger partial charge in [0.05, 0.1) is 31.0 Å². The summed E-state index contributed by atoms with van der Waals surface area (Å²) in [6.45, 7) is 0. The van der Waals surface area contributed by atoms with Crippen molar-refractivity contribution in [3.8, 4) is 39.6 Å². The quantitative estimate of drug-likeness (QED) is 0.188. The molecule has 8 heteroatoms. The molecular weight excluding hydrogens is 579 g/mol. The van der Waals surface area contributed by atoms with E-state index in [1.54, 1.807) is 25.6 Å². The van der Waals surface area contributed by atoms with Crippen LogP contribution in [0.4, 0.5) is 5.82 Å². The molecule has 7 nitrogen and oxygen atoms in total. The number of hydrogen-bond donors (Lipinski definition) is 1. The molecule has 0 spiro atoms. The van der Waals surface area contributed by atoms with Gasteiger partial charge in [-0.25, -0.2) is 4.98 Å². The van der Waals surface area contributed by atoms with Gasteiger partial charge in [-0.05, 0) is 70.8 Å². The fourth-order valence-corrected chi connectivity index (χ4v) is 6.12. The molecular formula is C37H29N5O2S. The normalized spacial score (nSPS) is 11.8. The number of pyridine rings is 1. The van der Waals surface area contributed by atoms with E-state index in [9.17, 15) is 0 Å². The second-order valence-corrected chi connectivity index (χ2v) is 11.1. The number of aromatic amines is 1. The largest absolute Gasteiger partial charge is 0.497 e. The molecule has 7 aromatic rings. The van der Waals surface area contributed by atoms with Crippen LogP contribution in [0.25, 0.3) is 51.3 Å². The molecule has 4 aromatic carbocycles. The van der Waals surface area contributed by atoms with E-state index >= 15 is 0 Å². The average Bonchev–Trinajstić information content (AvgIpc) is 3.72. The van der Waals surface area contributed by atoms with Crippen LogP contribution in [0.2, 0.25) is 0 Å². The Balaban J connectivity index is 1.40. The Labute approximate surface area is 264 Å². The molecule has 45 heavy (non-hydrogen) atoms. The maximum Gasteiger partial charge on any atom is 0.196 e. The second kappa shape index (κ2) is 12.5. The van der Waals surface area contributed by atoms with Crippen molar-refractivity contribution in [2.24, 2.45) is 4.99 Å². The van der Waals surface area contributed by atoms with Crippen LogP contribution in [-0.2, 0) is 0 Å². The summed E-state index contributed by atoms with van der Waals surface area (Å²) >= 11 is 1.58. The van der Waals surface area contributed by atoms with Crippen molar-refractivity contribution in [1.82, 2.24) is 19.7 Å². The van der Waals surface area contributed by atoms with Crippen molar-refractivity contribution >= 4 is 40.3 Å². The number of aromatic nitrogens is 4. The highest BCUT2D eigenvalue weighted by molar-refractivity contribution is 7.07. The van der Waals surface area contributed by atoms with Gasteiger partial charge in [-0.3, -0.25) is 9.67 Å². The number of methoxy groups -OCH3 is 2. The van der Waals surface area contributed by atoms with E-state index in [2.05, 4.69) is 50.5 Å². The SMILES string of the molecule is COc1ccc(/C=C/c2cc(-c3ccc(OC)cc3)c3c(N=c4scc(-c5ccccc5)n4-c4ccccc4)n[nH]c3n2)cc1. The first-order chi connectivity index (χ1) is 22.2. The molecule has 7 rings (SSSR count). The molecule has 3 heterocycles. The molecule has 0 bridgehead atoms. The van der Waals surface area contributed by atoms with Gasteiger partial charge in [-0.1, -0.05) is 78.9 Å². The minimum Gasteiger partial charge on any atom is -0.497 e. The predicted molar refractivity (Wildman–Crippen MR) is 182 cm³/mol. The van der Waals surface area contributed by atoms with Gasteiger partial charge >= 0.3 is 0 Å². The van der Waals surface area contributed by atoms with Gasteiger partial charge in [0.15, 0.2) is 16.3 Å². The Hall–Kier alpha value is -5.73. The van der Waals surface area contributed by atoms with Crippen molar-refractivity contribution in [2.45, 2.75) is 0 Å². The van der Waals surface area contributed by atoms with E-state index in [0.717, 1.165) is 61.0 Å². The first-order valence-electron chi connectivity index (χ1n) is 14.4. The molecule has 0 radical (unpaired) electrons. The summed E-state index contributed by atoms with van der Waals surface area (Å²) in [5.74, 6) is 2.18. The molecule has 0 unspecified atom stereocenters. The highest BCUT2D eigenvalue weighted by Crippen LogP contribution is 2.35. The van der Waals surface area contributed by atoms with Gasteiger partial charge < -0.3 is 9.47 Å². The molecule has 220 valence electrons. The van der Waals surface area contributed by atoms with Gasteiger partial charge in [0.2, 0.25) is 0 Å². The fourth-order valence-electron chi connectivity index (χ4n) is 5.21. The van der Waals surface area contributed by atoms with E-state index in [-0.39, 0.29) is 0 Å². The van der Waals surface area contributed by atoms with Gasteiger partial charge in [-0.15, -0.1) is 11.3 Å². The van der Waals surface area contributed by atoms with Crippen LogP contribution < -0.4 is 14.3 Å². The van der Waals surface area contributed by atoms with Crippen LogP contribution in [0, 0.1) is 0 Å². The van der Waals surface area contributed by atoms with Crippen molar-refractivity contribution in [2.75, 3.05) is 14.2 Å². The number of nitrogens with one attached hydrogen (secondary N) is 1. The van der Waals surface area contributed by atoms with E-state index in [1.165, 1.54) is 0 Å². The Morgan fingerprint density at radius 3 is 2.11 bits per heavy atom. The Morgan fingerprint density at radius 2 is 1.42 bits per heavy atom. The monoisotopic (exact) mass is 607 g/mol. The van der Waals surface area contributed by atoms with Crippen molar-refractivity contribution in [3.05, 3.63) is 137 Å². The number of fused-ring (bicyclic) bond motifs is 1. The predicted octanol–water partition coefficient (Wildman–Crippen LogP) is 8.56. The molecule has 1 N–H and O–H groups in total. The molecule has 3 aromatic heterocycles. The lowest BCUT2D eigenvalue weighted by molar-refractivity contribution is 0.414. The number of thiazole rings is 1. The number of para-hydroxylation sites is 1. The third-order valence-corrected chi connectivity index (χ3v) is 8.31. The molecule has 0 aliphatic heterocycles. The van der Waals surface area contributed by atoms with Crippen LogP contribution in [0.3, 0.4) is 0 Å². The maximum atomic E-state index is 5.43. The second-order valence-electron chi connectivity index (χ2n) is 10.3. The van der Waals surface area contributed by atoms with Crippen molar-refractivity contribution in [1.29, 1.82) is 0 Å². The van der Waals surface area contributed by atoms with Crippen LogP contribution in [-0.4, -0.2) is 34.0 Å². The summed E-state index contributed by atoms with van der Waals surface area (Å²) < 4.78 is 12.9. The molecule has 0 aliphatic rings. The van der Waals surface area contributed by atoms with Gasteiger partial charge in [0, 0.05) is 11.1 Å². The van der Waals surface area contributed by atoms with E-state index in [0.29, 0.717) is 11.5 Å². The summed E-state index contributed by atoms with van der Waals surface area (Å²) in [5.41, 5.74) is 7.66. The number of H-pyrrole nitrogens is 1. The number of hydrogen-bond acceptors (Lipinski definition) is 6. The molecule has 0 atom stereocenters. The number of rotatable bonds is 8. The van der Waals surface area contributed by atoms with Crippen LogP contribution in [0.1, 0.15) is 11.3 Å². The van der Waals surface area contributed by atoms with E-state index in [1.807, 2.05) is 97.1 Å². The Morgan fingerprint density at radius 1 is 0.756 bits per heavy atom. The van der Waals surface area contributed by atoms with Crippen LogP contribution >= 0.6 is 11.3 Å². The number of ether oxygens (including phenoxy) is 2. The van der Waals surface area contributed by atoms with Crippen molar-refractivity contribution < 1.29 is 9.47 Å². The lowest BCUT2D eigenvalue weighted by Gasteiger charge is -2.09. The summed E-state index contributed by atoms with van der Waals surface area (Å²) in [4.78, 5) is 10.9. The smallest absolute Gasteiger partial charge is 0.196 e. The number of benzene rings is 4. The lowest BCUT2D eigenvalue weighted by Crippen LogP contribution is -2.13. The maximum absolute atomic E-state index is 5.43. The Kier molecular flexibility index (Phi) is 7.78. The topological polar surface area (TPSA) is 77.3 Å². The Bertz CT molecular complexity index is 2160. The average molecular weight is 608 g/mol. The minimum atomic E-state index is 0.570. The third kappa shape index (κ3) is 5.79. The van der Waals surface area contributed by atoms with Crippen LogP contribution in [0.15, 0.2) is 126 Å². The van der Waals surface area contributed by atoms with Gasteiger partial charge in [0.25, 0.3) is 0 Å². The highest BCUT2D eigenvalue weighted by atomic mass is 32.1. The summed E-state index contributed by atoms with van der Waals surface area (Å²) in [5, 5.41) is 10.8. The van der Waals surface area contributed by atoms with Crippen LogP contribution in [0.5, 0.6) is 11.5 Å². The summed E-state index contributed by atoms with van der Waals surface area (Å²) in [6.07, 6.45) is 4.04. The summed E-state index contributed by atoms with van der Waals surface area (Å²) in [6, 6.07) is 38.6. The van der Waals surface area contributed by atoms with Crippen molar-refractivity contribution in [3.63, 3.8) is 0 Å². The highest BCUT2D eigenvalue weighted by Gasteiger charge is 2.16. The molecule has 0 saturated carbocycles. The zero-order valence-corrected chi connectivity index (χ0v) is 25.5. The molecule has 0 fully saturated rings. The van der Waals surface area contributed by atoms with Gasteiger partial charge in [-0.2, -0.15) is 10.1 Å². The van der Waals surface area contributed by atoms with Gasteiger partial charge in [0.1, 0.15) is 11.5 Å². The van der Waals surface area contributed by atoms with E-state index in [4.69, 9.17) is 19.5 Å². The third-order valence-electron chi connectivity index (χ3n) is 7.49. The molecule has 0 saturated heterocycles. The zero-order chi connectivity index (χ0) is 30.6. The summed E-state index contributed by atoms with van der Waals surface area (Å²) in [7, 11) is 3.33. The lowest BCUT2D eigenvalue weighted by atomic mass is 10.0. The first-order valence-corrected chi connectivity index (χ1v) is 15.3. The number of nitrogens with zero attached hydrogens (tertiary/aromatic N) is 4. The molecule has 0 aliphatic carbocycles. The zero-order valence-electron chi connectivity index (χ0n) is 24.7. The molecule has 0 amide bonds.